The standard InChI is InChI=1S/C27H31N5O.C19H26N4O/c1-26(2)15-22(16-27(3,4)32-26)30-25-29-14-13-24(31-25)19-9-11-23(12-10-19)33-18-21-8-6-5-7-20(21)17-28;1-18(2)11-14(12-19(3,4)23-18)21-17-20-10-9-16(22-17)13-5-7-15(24)8-6-13/h5-14,22,32H,15-16,18H2,1-4H3,(H,29,30,31);5-10,14,23-24H,11-12H2,1-4H3,(H,20,21,22). The number of phenols is 1. The number of rotatable bonds is 9. The molecule has 0 amide bonds. The van der Waals surface area contributed by atoms with Gasteiger partial charge in [0.1, 0.15) is 18.1 Å². The van der Waals surface area contributed by atoms with Gasteiger partial charge in [-0.1, -0.05) is 18.2 Å². The molecule has 2 aromatic heterocycles. The number of hydrogen-bond acceptors (Lipinski definition) is 11. The van der Waals surface area contributed by atoms with Crippen LogP contribution in [-0.4, -0.2) is 59.3 Å². The van der Waals surface area contributed by atoms with Gasteiger partial charge in [-0.15, -0.1) is 0 Å². The molecule has 0 saturated carbocycles. The second kappa shape index (κ2) is 16.9. The van der Waals surface area contributed by atoms with E-state index in [-0.39, 0.29) is 27.9 Å². The number of hydrogen-bond donors (Lipinski definition) is 5. The van der Waals surface area contributed by atoms with Crippen molar-refractivity contribution < 1.29 is 9.84 Å². The maximum atomic E-state index is 9.42. The molecule has 298 valence electrons. The van der Waals surface area contributed by atoms with Crippen LogP contribution in [0.1, 0.15) is 92.2 Å². The first kappa shape index (κ1) is 41.1. The van der Waals surface area contributed by atoms with Gasteiger partial charge in [-0.25, -0.2) is 19.9 Å². The number of benzene rings is 3. The maximum absolute atomic E-state index is 9.42. The van der Waals surface area contributed by atoms with Crippen molar-refractivity contribution >= 4 is 11.9 Å². The van der Waals surface area contributed by atoms with Gasteiger partial charge in [-0.2, -0.15) is 5.26 Å². The highest BCUT2D eigenvalue weighted by molar-refractivity contribution is 5.62. The van der Waals surface area contributed by atoms with Gasteiger partial charge in [-0.05, 0) is 148 Å². The molecule has 5 N–H and O–H groups in total. The third-order valence-electron chi connectivity index (χ3n) is 10.2. The smallest absolute Gasteiger partial charge is 0.223 e. The zero-order valence-electron chi connectivity index (χ0n) is 34.5. The van der Waals surface area contributed by atoms with Crippen molar-refractivity contribution in [2.75, 3.05) is 10.6 Å². The Balaban J connectivity index is 0.000000203. The topological polar surface area (TPSA) is 153 Å². The first-order valence-electron chi connectivity index (χ1n) is 19.7. The molecule has 2 saturated heterocycles. The molecular formula is C46H57N9O2. The van der Waals surface area contributed by atoms with E-state index in [9.17, 15) is 10.4 Å². The van der Waals surface area contributed by atoms with E-state index in [0.717, 1.165) is 59.5 Å². The Labute approximate surface area is 337 Å². The van der Waals surface area contributed by atoms with E-state index in [0.29, 0.717) is 36.2 Å². The van der Waals surface area contributed by atoms with Gasteiger partial charge < -0.3 is 31.1 Å². The minimum Gasteiger partial charge on any atom is -0.508 e. The zero-order valence-corrected chi connectivity index (χ0v) is 34.5. The molecule has 57 heavy (non-hydrogen) atoms. The average Bonchev–Trinajstić information content (AvgIpc) is 3.12. The molecule has 0 bridgehead atoms. The van der Waals surface area contributed by atoms with E-state index in [2.05, 4.69) is 97.7 Å². The molecule has 0 atom stereocenters. The molecule has 4 heterocycles. The minimum absolute atomic E-state index is 0.0562. The molecule has 11 nitrogen and oxygen atoms in total. The Morgan fingerprint density at radius 2 is 1.09 bits per heavy atom. The van der Waals surface area contributed by atoms with Gasteiger partial charge in [0.15, 0.2) is 0 Å². The lowest BCUT2D eigenvalue weighted by atomic mass is 9.79. The van der Waals surface area contributed by atoms with Crippen LogP contribution in [0.5, 0.6) is 11.5 Å². The van der Waals surface area contributed by atoms with Crippen LogP contribution in [0.4, 0.5) is 11.9 Å². The van der Waals surface area contributed by atoms with Crippen molar-refractivity contribution in [3.05, 3.63) is 108 Å². The largest absolute Gasteiger partial charge is 0.508 e. The summed E-state index contributed by atoms with van der Waals surface area (Å²) in [6.45, 7) is 18.2. The summed E-state index contributed by atoms with van der Waals surface area (Å²) in [5.74, 6) is 2.31. The van der Waals surface area contributed by atoms with Crippen LogP contribution in [-0.2, 0) is 6.61 Å². The monoisotopic (exact) mass is 767 g/mol. The second-order valence-corrected chi connectivity index (χ2v) is 17.9. The molecule has 0 radical (unpaired) electrons. The molecule has 2 fully saturated rings. The molecule has 3 aromatic carbocycles. The number of anilines is 2. The predicted molar refractivity (Wildman–Crippen MR) is 228 cm³/mol. The highest BCUT2D eigenvalue weighted by Gasteiger charge is 2.39. The Bertz CT molecular complexity index is 2130. The van der Waals surface area contributed by atoms with Crippen LogP contribution in [0.2, 0.25) is 0 Å². The van der Waals surface area contributed by atoms with E-state index < -0.39 is 0 Å². The summed E-state index contributed by atoms with van der Waals surface area (Å²) in [6, 6.07) is 29.0. The van der Waals surface area contributed by atoms with Crippen LogP contribution >= 0.6 is 0 Å². The molecule has 11 heteroatoms. The summed E-state index contributed by atoms with van der Waals surface area (Å²) in [5, 5.41) is 33.1. The summed E-state index contributed by atoms with van der Waals surface area (Å²) in [6.07, 6.45) is 7.61. The first-order chi connectivity index (χ1) is 27.0. The Morgan fingerprint density at radius 3 is 1.54 bits per heavy atom. The second-order valence-electron chi connectivity index (χ2n) is 17.9. The van der Waals surface area contributed by atoms with Gasteiger partial charge in [-0.3, -0.25) is 0 Å². The van der Waals surface area contributed by atoms with Crippen LogP contribution in [0.25, 0.3) is 22.5 Å². The van der Waals surface area contributed by atoms with Gasteiger partial charge in [0.05, 0.1) is 23.0 Å². The molecular weight excluding hydrogens is 711 g/mol. The van der Waals surface area contributed by atoms with E-state index in [1.807, 2.05) is 66.7 Å². The maximum Gasteiger partial charge on any atom is 0.223 e. The molecule has 5 aromatic rings. The normalized spacial score (nSPS) is 18.3. The average molecular weight is 768 g/mol. The third kappa shape index (κ3) is 11.7. The lowest BCUT2D eigenvalue weighted by Gasteiger charge is -2.46. The van der Waals surface area contributed by atoms with Crippen LogP contribution in [0, 0.1) is 11.3 Å². The number of nitrogens with zero attached hydrogens (tertiary/aromatic N) is 5. The molecule has 0 unspecified atom stereocenters. The zero-order chi connectivity index (χ0) is 40.8. The van der Waals surface area contributed by atoms with Crippen molar-refractivity contribution in [3.63, 3.8) is 0 Å². The Kier molecular flexibility index (Phi) is 12.2. The lowest BCUT2D eigenvalue weighted by Crippen LogP contribution is -2.60. The number of phenolic OH excluding ortho intramolecular Hbond substituents is 1. The fourth-order valence-electron chi connectivity index (χ4n) is 8.66. The van der Waals surface area contributed by atoms with Gasteiger partial charge in [0.2, 0.25) is 11.9 Å². The first-order valence-corrected chi connectivity index (χ1v) is 19.7. The summed E-state index contributed by atoms with van der Waals surface area (Å²) in [7, 11) is 0. The molecule has 2 aliphatic rings. The van der Waals surface area contributed by atoms with Crippen LogP contribution in [0.15, 0.2) is 97.3 Å². The third-order valence-corrected chi connectivity index (χ3v) is 10.2. The van der Waals surface area contributed by atoms with Gasteiger partial charge in [0, 0.05) is 63.3 Å². The molecule has 2 aliphatic heterocycles. The molecule has 0 spiro atoms. The highest BCUT2D eigenvalue weighted by atomic mass is 16.5. The van der Waals surface area contributed by atoms with Crippen molar-refractivity contribution in [1.82, 2.24) is 30.6 Å². The number of piperidine rings is 2. The van der Waals surface area contributed by atoms with E-state index in [1.54, 1.807) is 30.6 Å². The Hall–Kier alpha value is -5.57. The quantitative estimate of drug-likeness (QED) is 0.0978. The summed E-state index contributed by atoms with van der Waals surface area (Å²) >= 11 is 0. The van der Waals surface area contributed by atoms with Crippen molar-refractivity contribution in [2.24, 2.45) is 0 Å². The van der Waals surface area contributed by atoms with E-state index in [4.69, 9.17) is 9.72 Å². The molecule has 0 aliphatic carbocycles. The fourth-order valence-corrected chi connectivity index (χ4v) is 8.66. The number of aromatic hydroxyl groups is 1. The van der Waals surface area contributed by atoms with Crippen molar-refractivity contribution in [3.8, 4) is 40.1 Å². The predicted octanol–water partition coefficient (Wildman–Crippen LogP) is 8.89. The van der Waals surface area contributed by atoms with Crippen molar-refractivity contribution in [1.29, 1.82) is 5.26 Å². The van der Waals surface area contributed by atoms with E-state index >= 15 is 0 Å². The number of nitrogens with one attached hydrogen (secondary N) is 4. The van der Waals surface area contributed by atoms with Gasteiger partial charge in [0.25, 0.3) is 0 Å². The number of ether oxygens (including phenoxy) is 1. The SMILES string of the molecule is CC1(C)CC(Nc2nccc(-c3ccc(O)cc3)n2)CC(C)(C)N1.CC1(C)CC(Nc2nccc(-c3ccc(OCc4ccccc4C#N)cc3)n2)CC(C)(C)N1. The molecule has 7 rings (SSSR count). The van der Waals surface area contributed by atoms with Gasteiger partial charge >= 0.3 is 0 Å². The Morgan fingerprint density at radius 1 is 0.649 bits per heavy atom. The van der Waals surface area contributed by atoms with Crippen LogP contribution in [0.3, 0.4) is 0 Å². The summed E-state index contributed by atoms with van der Waals surface area (Å²) < 4.78 is 5.89. The van der Waals surface area contributed by atoms with E-state index in [1.165, 1.54) is 0 Å². The summed E-state index contributed by atoms with van der Waals surface area (Å²) in [4.78, 5) is 18.2. The van der Waals surface area contributed by atoms with Crippen molar-refractivity contribution in [2.45, 2.75) is 122 Å². The highest BCUT2D eigenvalue weighted by Crippen LogP contribution is 2.32. The fraction of sp³-hybridized carbons (Fsp3) is 0.413. The summed E-state index contributed by atoms with van der Waals surface area (Å²) in [5.41, 5.74) is 5.45. The lowest BCUT2D eigenvalue weighted by molar-refractivity contribution is 0.170. The number of aromatic nitrogens is 4. The number of nitriles is 1. The van der Waals surface area contributed by atoms with Crippen LogP contribution < -0.4 is 26.0 Å². The minimum atomic E-state index is 0.0562.